The lowest BCUT2D eigenvalue weighted by Gasteiger charge is -2.20. The van der Waals surface area contributed by atoms with Gasteiger partial charge in [-0.15, -0.1) is 0 Å². The second-order valence-electron chi connectivity index (χ2n) is 5.27. The standard InChI is InChI=1S/C16H16N4O/c1-11-10-13-16(18-8-9-20(13)19-11)21-14-6-2-4-12-5-3-7-17-15(12)14/h2,4,6,8-10,17H,3,5,7H2,1H3. The second kappa shape index (κ2) is 4.77. The van der Waals surface area contributed by atoms with Gasteiger partial charge >= 0.3 is 0 Å². The van der Waals surface area contributed by atoms with Gasteiger partial charge in [-0.25, -0.2) is 9.50 Å². The normalized spacial score (nSPS) is 13.8. The quantitative estimate of drug-likeness (QED) is 0.783. The van der Waals surface area contributed by atoms with Crippen LogP contribution in [-0.4, -0.2) is 21.1 Å². The molecule has 5 heteroatoms. The van der Waals surface area contributed by atoms with Crippen LogP contribution in [0.3, 0.4) is 0 Å². The summed E-state index contributed by atoms with van der Waals surface area (Å²) in [5, 5.41) is 7.81. The Balaban J connectivity index is 1.78. The first kappa shape index (κ1) is 12.2. The van der Waals surface area contributed by atoms with Gasteiger partial charge < -0.3 is 10.1 Å². The molecule has 1 aromatic carbocycles. The SMILES string of the molecule is Cc1cc2c(Oc3cccc4c3NCCC4)nccn2n1. The minimum Gasteiger partial charge on any atom is -0.435 e. The van der Waals surface area contributed by atoms with Crippen molar-refractivity contribution in [2.75, 3.05) is 11.9 Å². The van der Waals surface area contributed by atoms with Gasteiger partial charge in [0, 0.05) is 18.9 Å². The van der Waals surface area contributed by atoms with Crippen molar-refractivity contribution in [3.05, 3.63) is 47.9 Å². The number of para-hydroxylation sites is 1. The molecule has 1 aliphatic rings. The Labute approximate surface area is 122 Å². The molecular formula is C16H16N4O. The molecule has 0 radical (unpaired) electrons. The van der Waals surface area contributed by atoms with Gasteiger partial charge in [-0.2, -0.15) is 5.10 Å². The number of benzene rings is 1. The fourth-order valence-corrected chi connectivity index (χ4v) is 2.77. The van der Waals surface area contributed by atoms with Crippen molar-refractivity contribution in [2.45, 2.75) is 19.8 Å². The average molecular weight is 280 g/mol. The third kappa shape index (κ3) is 2.11. The van der Waals surface area contributed by atoms with E-state index in [1.807, 2.05) is 31.3 Å². The highest BCUT2D eigenvalue weighted by atomic mass is 16.5. The first-order valence-corrected chi connectivity index (χ1v) is 7.16. The van der Waals surface area contributed by atoms with Gasteiger partial charge in [0.05, 0.1) is 11.4 Å². The van der Waals surface area contributed by atoms with Crippen molar-refractivity contribution < 1.29 is 4.74 Å². The van der Waals surface area contributed by atoms with Gasteiger partial charge in [0.2, 0.25) is 5.88 Å². The average Bonchev–Trinajstić information content (AvgIpc) is 2.89. The molecule has 0 amide bonds. The summed E-state index contributed by atoms with van der Waals surface area (Å²) in [6.45, 7) is 2.94. The summed E-state index contributed by atoms with van der Waals surface area (Å²) in [7, 11) is 0. The molecule has 0 bridgehead atoms. The summed E-state index contributed by atoms with van der Waals surface area (Å²) in [6, 6.07) is 8.13. The molecule has 0 atom stereocenters. The van der Waals surface area contributed by atoms with Crippen molar-refractivity contribution in [3.8, 4) is 11.6 Å². The molecule has 0 aliphatic carbocycles. The molecular weight excluding hydrogens is 264 g/mol. The first-order chi connectivity index (χ1) is 10.3. The second-order valence-corrected chi connectivity index (χ2v) is 5.27. The van der Waals surface area contributed by atoms with Crippen molar-refractivity contribution >= 4 is 11.2 Å². The van der Waals surface area contributed by atoms with Crippen LogP contribution >= 0.6 is 0 Å². The van der Waals surface area contributed by atoms with Crippen LogP contribution in [-0.2, 0) is 6.42 Å². The number of hydrogen-bond donors (Lipinski definition) is 1. The Morgan fingerprint density at radius 2 is 2.29 bits per heavy atom. The van der Waals surface area contributed by atoms with Gasteiger partial charge in [-0.05, 0) is 37.5 Å². The monoisotopic (exact) mass is 280 g/mol. The topological polar surface area (TPSA) is 51.5 Å². The molecule has 0 fully saturated rings. The number of ether oxygens (including phenoxy) is 1. The minimum atomic E-state index is 0.582. The molecule has 0 spiro atoms. The van der Waals surface area contributed by atoms with E-state index in [9.17, 15) is 0 Å². The third-order valence-electron chi connectivity index (χ3n) is 3.72. The van der Waals surface area contributed by atoms with E-state index in [1.54, 1.807) is 10.7 Å². The van der Waals surface area contributed by atoms with Crippen molar-refractivity contribution in [1.82, 2.24) is 14.6 Å². The summed E-state index contributed by atoms with van der Waals surface area (Å²) in [4.78, 5) is 4.35. The van der Waals surface area contributed by atoms with E-state index in [1.165, 1.54) is 5.56 Å². The molecule has 1 N–H and O–H groups in total. The summed E-state index contributed by atoms with van der Waals surface area (Å²) < 4.78 is 7.86. The lowest BCUT2D eigenvalue weighted by molar-refractivity contribution is 0.465. The molecule has 0 saturated heterocycles. The molecule has 5 nitrogen and oxygen atoms in total. The predicted molar refractivity (Wildman–Crippen MR) is 81.1 cm³/mol. The van der Waals surface area contributed by atoms with Gasteiger partial charge in [0.25, 0.3) is 0 Å². The fourth-order valence-electron chi connectivity index (χ4n) is 2.77. The Kier molecular flexibility index (Phi) is 2.77. The highest BCUT2D eigenvalue weighted by Gasteiger charge is 2.15. The van der Waals surface area contributed by atoms with Crippen molar-refractivity contribution in [3.63, 3.8) is 0 Å². The van der Waals surface area contributed by atoms with Crippen LogP contribution in [0.1, 0.15) is 17.7 Å². The summed E-state index contributed by atoms with van der Waals surface area (Å²) in [5.41, 5.74) is 4.21. The zero-order valence-corrected chi connectivity index (χ0v) is 11.8. The number of fused-ring (bicyclic) bond motifs is 2. The highest BCUT2D eigenvalue weighted by molar-refractivity contribution is 5.66. The van der Waals surface area contributed by atoms with E-state index in [-0.39, 0.29) is 0 Å². The molecule has 1 aliphatic heterocycles. The zero-order valence-electron chi connectivity index (χ0n) is 11.8. The van der Waals surface area contributed by atoms with E-state index in [0.717, 1.165) is 42.0 Å². The Morgan fingerprint density at radius 3 is 3.24 bits per heavy atom. The Bertz CT molecular complexity index is 809. The maximum Gasteiger partial charge on any atom is 0.245 e. The number of anilines is 1. The number of aryl methyl sites for hydroxylation is 2. The number of aromatic nitrogens is 3. The van der Waals surface area contributed by atoms with E-state index in [0.29, 0.717) is 5.88 Å². The van der Waals surface area contributed by atoms with E-state index in [4.69, 9.17) is 4.74 Å². The summed E-state index contributed by atoms with van der Waals surface area (Å²) in [5.74, 6) is 1.41. The number of hydrogen-bond acceptors (Lipinski definition) is 4. The van der Waals surface area contributed by atoms with Crippen molar-refractivity contribution in [2.24, 2.45) is 0 Å². The largest absolute Gasteiger partial charge is 0.435 e. The molecule has 0 saturated carbocycles. The smallest absolute Gasteiger partial charge is 0.245 e. The molecule has 4 rings (SSSR count). The molecule has 2 aromatic heterocycles. The maximum atomic E-state index is 6.07. The minimum absolute atomic E-state index is 0.582. The fraction of sp³-hybridized carbons (Fsp3) is 0.250. The van der Waals surface area contributed by atoms with Crippen LogP contribution in [0, 0.1) is 6.92 Å². The number of rotatable bonds is 2. The van der Waals surface area contributed by atoms with Crippen LogP contribution in [0.25, 0.3) is 5.52 Å². The Morgan fingerprint density at radius 1 is 1.33 bits per heavy atom. The van der Waals surface area contributed by atoms with Gasteiger partial charge in [0.15, 0.2) is 5.75 Å². The maximum absolute atomic E-state index is 6.07. The summed E-state index contributed by atoms with van der Waals surface area (Å²) in [6.07, 6.45) is 5.78. The number of nitrogens with zero attached hydrogens (tertiary/aromatic N) is 3. The molecule has 106 valence electrons. The summed E-state index contributed by atoms with van der Waals surface area (Å²) >= 11 is 0. The third-order valence-corrected chi connectivity index (χ3v) is 3.72. The van der Waals surface area contributed by atoms with Crippen LogP contribution in [0.5, 0.6) is 11.6 Å². The predicted octanol–water partition coefficient (Wildman–Crippen LogP) is 3.19. The van der Waals surface area contributed by atoms with Gasteiger partial charge in [-0.3, -0.25) is 0 Å². The van der Waals surface area contributed by atoms with Gasteiger partial charge in [0.1, 0.15) is 5.52 Å². The lowest BCUT2D eigenvalue weighted by Crippen LogP contribution is -2.12. The van der Waals surface area contributed by atoms with Crippen molar-refractivity contribution in [1.29, 1.82) is 0 Å². The molecule has 3 aromatic rings. The van der Waals surface area contributed by atoms with Gasteiger partial charge in [-0.1, -0.05) is 12.1 Å². The van der Waals surface area contributed by atoms with Crippen LogP contribution in [0.15, 0.2) is 36.7 Å². The highest BCUT2D eigenvalue weighted by Crippen LogP contribution is 2.35. The van der Waals surface area contributed by atoms with E-state index in [2.05, 4.69) is 21.5 Å². The van der Waals surface area contributed by atoms with Crippen LogP contribution in [0.4, 0.5) is 5.69 Å². The zero-order chi connectivity index (χ0) is 14.2. The van der Waals surface area contributed by atoms with E-state index < -0.39 is 0 Å². The molecule has 3 heterocycles. The molecule has 21 heavy (non-hydrogen) atoms. The van der Waals surface area contributed by atoms with Crippen LogP contribution < -0.4 is 10.1 Å². The van der Waals surface area contributed by atoms with Crippen LogP contribution in [0.2, 0.25) is 0 Å². The molecule has 0 unspecified atom stereocenters. The Hall–Kier alpha value is -2.56. The van der Waals surface area contributed by atoms with E-state index >= 15 is 0 Å². The first-order valence-electron chi connectivity index (χ1n) is 7.16. The number of nitrogens with one attached hydrogen (secondary N) is 1. The lowest BCUT2D eigenvalue weighted by atomic mass is 10.0.